The summed E-state index contributed by atoms with van der Waals surface area (Å²) in [4.78, 5) is 30.1. The van der Waals surface area contributed by atoms with Gasteiger partial charge in [0.25, 0.3) is 5.91 Å². The summed E-state index contributed by atoms with van der Waals surface area (Å²) < 4.78 is 1.54. The van der Waals surface area contributed by atoms with Crippen molar-refractivity contribution < 1.29 is 14.7 Å². The SMILES string of the molecule is CC(C)C1(C(=O)O)CCN(C(=O)c2cnn3cccnc23)C1. The van der Waals surface area contributed by atoms with Gasteiger partial charge in [0.2, 0.25) is 0 Å². The van der Waals surface area contributed by atoms with E-state index >= 15 is 0 Å². The van der Waals surface area contributed by atoms with Gasteiger partial charge in [-0.15, -0.1) is 0 Å². The number of carbonyl (C=O) groups is 2. The molecule has 0 saturated carbocycles. The second kappa shape index (κ2) is 5.08. The fourth-order valence-electron chi connectivity index (χ4n) is 3.05. The molecule has 2 aromatic heterocycles. The molecule has 3 heterocycles. The number of nitrogens with zero attached hydrogens (tertiary/aromatic N) is 4. The van der Waals surface area contributed by atoms with Crippen LogP contribution in [0.5, 0.6) is 0 Å². The van der Waals surface area contributed by atoms with Crippen molar-refractivity contribution in [2.75, 3.05) is 13.1 Å². The molecule has 1 aliphatic heterocycles. The van der Waals surface area contributed by atoms with Crippen molar-refractivity contribution >= 4 is 17.5 Å². The maximum absolute atomic E-state index is 12.7. The standard InChI is InChI=1S/C15H18N4O3/c1-10(2)15(14(21)22)4-7-18(9-15)13(20)11-8-17-19-6-3-5-16-12(11)19/h3,5-6,8,10H,4,7,9H2,1-2H3,(H,21,22). The molecule has 7 heteroatoms. The van der Waals surface area contributed by atoms with Gasteiger partial charge in [-0.3, -0.25) is 9.59 Å². The normalized spacial score (nSPS) is 21.7. The third-order valence-corrected chi connectivity index (χ3v) is 4.63. The van der Waals surface area contributed by atoms with Crippen LogP contribution < -0.4 is 0 Å². The average molecular weight is 302 g/mol. The summed E-state index contributed by atoms with van der Waals surface area (Å²) in [7, 11) is 0. The van der Waals surface area contributed by atoms with Gasteiger partial charge < -0.3 is 10.0 Å². The van der Waals surface area contributed by atoms with E-state index in [-0.39, 0.29) is 18.4 Å². The zero-order chi connectivity index (χ0) is 15.9. The number of likely N-dealkylation sites (tertiary alicyclic amines) is 1. The zero-order valence-corrected chi connectivity index (χ0v) is 12.6. The molecule has 0 radical (unpaired) electrons. The number of aromatic nitrogens is 3. The number of aliphatic carboxylic acids is 1. The minimum Gasteiger partial charge on any atom is -0.481 e. The Kier molecular flexibility index (Phi) is 3.35. The van der Waals surface area contributed by atoms with Gasteiger partial charge in [0.1, 0.15) is 5.56 Å². The predicted molar refractivity (Wildman–Crippen MR) is 78.4 cm³/mol. The molecule has 0 aliphatic carbocycles. The summed E-state index contributed by atoms with van der Waals surface area (Å²) in [6.45, 7) is 4.44. The molecule has 3 rings (SSSR count). The van der Waals surface area contributed by atoms with E-state index in [1.54, 1.807) is 23.4 Å². The lowest BCUT2D eigenvalue weighted by atomic mass is 9.76. The summed E-state index contributed by atoms with van der Waals surface area (Å²) in [5, 5.41) is 13.7. The second-order valence-corrected chi connectivity index (χ2v) is 6.04. The van der Waals surface area contributed by atoms with E-state index < -0.39 is 11.4 Å². The Bertz CT molecular complexity index is 739. The topological polar surface area (TPSA) is 87.8 Å². The third kappa shape index (κ3) is 2.04. The highest BCUT2D eigenvalue weighted by molar-refractivity contribution is 6.00. The number of hydrogen-bond acceptors (Lipinski definition) is 4. The van der Waals surface area contributed by atoms with Crippen LogP contribution in [-0.4, -0.2) is 49.6 Å². The molecule has 1 aliphatic rings. The molecule has 22 heavy (non-hydrogen) atoms. The van der Waals surface area contributed by atoms with Gasteiger partial charge in [0.15, 0.2) is 5.65 Å². The first-order chi connectivity index (χ1) is 10.5. The van der Waals surface area contributed by atoms with Gasteiger partial charge in [-0.2, -0.15) is 5.10 Å². The van der Waals surface area contributed by atoms with E-state index in [4.69, 9.17) is 0 Å². The maximum Gasteiger partial charge on any atom is 0.311 e. The molecule has 1 fully saturated rings. The van der Waals surface area contributed by atoms with Crippen molar-refractivity contribution in [1.82, 2.24) is 19.5 Å². The van der Waals surface area contributed by atoms with Crippen LogP contribution in [0.2, 0.25) is 0 Å². The summed E-state index contributed by atoms with van der Waals surface area (Å²) in [6.07, 6.45) is 5.28. The van der Waals surface area contributed by atoms with E-state index in [9.17, 15) is 14.7 Å². The van der Waals surface area contributed by atoms with Crippen molar-refractivity contribution in [3.05, 3.63) is 30.2 Å². The second-order valence-electron chi connectivity index (χ2n) is 6.04. The quantitative estimate of drug-likeness (QED) is 0.923. The molecule has 0 bridgehead atoms. The number of carbonyl (C=O) groups excluding carboxylic acids is 1. The molecule has 1 amide bonds. The van der Waals surface area contributed by atoms with E-state index in [2.05, 4.69) is 10.1 Å². The average Bonchev–Trinajstić information content (AvgIpc) is 3.12. The van der Waals surface area contributed by atoms with E-state index in [1.165, 1.54) is 10.7 Å². The van der Waals surface area contributed by atoms with Crippen molar-refractivity contribution in [3.63, 3.8) is 0 Å². The van der Waals surface area contributed by atoms with Crippen LogP contribution in [0.4, 0.5) is 0 Å². The van der Waals surface area contributed by atoms with Gasteiger partial charge in [-0.05, 0) is 18.4 Å². The Hall–Kier alpha value is -2.44. The van der Waals surface area contributed by atoms with E-state index in [0.717, 1.165) is 0 Å². The van der Waals surface area contributed by atoms with Crippen LogP contribution in [0.3, 0.4) is 0 Å². The number of carboxylic acids is 1. The molecular weight excluding hydrogens is 284 g/mol. The first kappa shape index (κ1) is 14.5. The van der Waals surface area contributed by atoms with Crippen LogP contribution >= 0.6 is 0 Å². The number of amides is 1. The molecule has 1 unspecified atom stereocenters. The minimum absolute atomic E-state index is 0.0372. The molecule has 2 aromatic rings. The van der Waals surface area contributed by atoms with Gasteiger partial charge in [-0.25, -0.2) is 9.50 Å². The maximum atomic E-state index is 12.7. The fourth-order valence-corrected chi connectivity index (χ4v) is 3.05. The van der Waals surface area contributed by atoms with Crippen molar-refractivity contribution in [2.24, 2.45) is 11.3 Å². The predicted octanol–water partition coefficient (Wildman–Crippen LogP) is 1.30. The highest BCUT2D eigenvalue weighted by Gasteiger charge is 2.48. The third-order valence-electron chi connectivity index (χ3n) is 4.63. The van der Waals surface area contributed by atoms with Gasteiger partial charge in [0.05, 0.1) is 11.6 Å². The largest absolute Gasteiger partial charge is 0.481 e. The number of hydrogen-bond donors (Lipinski definition) is 1. The molecule has 0 aromatic carbocycles. The molecule has 1 atom stereocenters. The first-order valence-corrected chi connectivity index (χ1v) is 7.27. The van der Waals surface area contributed by atoms with Crippen LogP contribution in [0.1, 0.15) is 30.6 Å². The van der Waals surface area contributed by atoms with E-state index in [0.29, 0.717) is 24.2 Å². The fraction of sp³-hybridized carbons (Fsp3) is 0.467. The summed E-state index contributed by atoms with van der Waals surface area (Å²) >= 11 is 0. The van der Waals surface area contributed by atoms with Crippen LogP contribution in [-0.2, 0) is 4.79 Å². The minimum atomic E-state index is -0.869. The monoisotopic (exact) mass is 302 g/mol. The lowest BCUT2D eigenvalue weighted by Gasteiger charge is -2.28. The number of fused-ring (bicyclic) bond motifs is 1. The van der Waals surface area contributed by atoms with Gasteiger partial charge in [-0.1, -0.05) is 13.8 Å². The zero-order valence-electron chi connectivity index (χ0n) is 12.6. The van der Waals surface area contributed by atoms with Crippen LogP contribution in [0.25, 0.3) is 5.65 Å². The van der Waals surface area contributed by atoms with Gasteiger partial charge in [0, 0.05) is 25.5 Å². The first-order valence-electron chi connectivity index (χ1n) is 7.27. The molecule has 0 spiro atoms. The molecular formula is C15H18N4O3. The summed E-state index contributed by atoms with van der Waals surface area (Å²) in [6, 6.07) is 1.73. The smallest absolute Gasteiger partial charge is 0.311 e. The van der Waals surface area contributed by atoms with E-state index in [1.807, 2.05) is 13.8 Å². The van der Waals surface area contributed by atoms with Gasteiger partial charge >= 0.3 is 5.97 Å². The summed E-state index contributed by atoms with van der Waals surface area (Å²) in [5.41, 5.74) is 0.0295. The number of rotatable bonds is 3. The molecule has 1 saturated heterocycles. The lowest BCUT2D eigenvalue weighted by molar-refractivity contribution is -0.150. The van der Waals surface area contributed by atoms with Crippen molar-refractivity contribution in [1.29, 1.82) is 0 Å². The van der Waals surface area contributed by atoms with Crippen LogP contribution in [0, 0.1) is 11.3 Å². The molecule has 7 nitrogen and oxygen atoms in total. The number of carboxylic acid groups (broad SMARTS) is 1. The Morgan fingerprint density at radius 2 is 2.18 bits per heavy atom. The molecule has 1 N–H and O–H groups in total. The lowest BCUT2D eigenvalue weighted by Crippen LogP contribution is -2.40. The highest BCUT2D eigenvalue weighted by Crippen LogP contribution is 2.38. The summed E-state index contributed by atoms with van der Waals surface area (Å²) in [5.74, 6) is -1.09. The van der Waals surface area contributed by atoms with Crippen molar-refractivity contribution in [2.45, 2.75) is 20.3 Å². The molecule has 116 valence electrons. The Labute approximate surface area is 127 Å². The highest BCUT2D eigenvalue weighted by atomic mass is 16.4. The van der Waals surface area contributed by atoms with Crippen LogP contribution in [0.15, 0.2) is 24.7 Å². The van der Waals surface area contributed by atoms with Crippen molar-refractivity contribution in [3.8, 4) is 0 Å². The Morgan fingerprint density at radius 3 is 2.82 bits per heavy atom. The Morgan fingerprint density at radius 1 is 1.41 bits per heavy atom. The Balaban J connectivity index is 1.90.